The molecule has 0 aromatic heterocycles. The number of nitrogens with zero attached hydrogens (tertiary/aromatic N) is 1. The van der Waals surface area contributed by atoms with Crippen molar-refractivity contribution in [2.75, 3.05) is 17.3 Å². The number of anilines is 3. The van der Waals surface area contributed by atoms with Crippen molar-refractivity contribution >= 4 is 28.9 Å². The van der Waals surface area contributed by atoms with Gasteiger partial charge in [-0.1, -0.05) is 18.2 Å². The average Bonchev–Trinajstić information content (AvgIpc) is 2.59. The number of aliphatic carboxylic acids is 1. The van der Waals surface area contributed by atoms with Gasteiger partial charge in [-0.25, -0.2) is 4.79 Å². The van der Waals surface area contributed by atoms with E-state index in [9.17, 15) is 22.8 Å². The number of hydrogen-bond acceptors (Lipinski definition) is 3. The molecule has 0 aliphatic heterocycles. The zero-order valence-corrected chi connectivity index (χ0v) is 13.6. The van der Waals surface area contributed by atoms with Gasteiger partial charge in [0.25, 0.3) is 0 Å². The topological polar surface area (TPSA) is 69.6 Å². The summed E-state index contributed by atoms with van der Waals surface area (Å²) in [5.74, 6) is -2.19. The molecule has 5 nitrogen and oxygen atoms in total. The second-order valence-electron chi connectivity index (χ2n) is 5.29. The van der Waals surface area contributed by atoms with Crippen LogP contribution in [0.3, 0.4) is 0 Å². The summed E-state index contributed by atoms with van der Waals surface area (Å²) in [6.45, 7) is 0. The second kappa shape index (κ2) is 7.73. The molecule has 0 unspecified atom stereocenters. The van der Waals surface area contributed by atoms with Crippen LogP contribution in [-0.2, 0) is 15.8 Å². The van der Waals surface area contributed by atoms with Gasteiger partial charge in [0.15, 0.2) is 0 Å². The highest BCUT2D eigenvalue weighted by Gasteiger charge is 2.31. The number of benzene rings is 2. The van der Waals surface area contributed by atoms with Gasteiger partial charge >= 0.3 is 12.1 Å². The molecule has 2 N–H and O–H groups in total. The molecule has 0 saturated heterocycles. The number of rotatable bonds is 5. The van der Waals surface area contributed by atoms with E-state index in [4.69, 9.17) is 5.11 Å². The maximum Gasteiger partial charge on any atom is 0.416 e. The molecule has 0 spiro atoms. The molecule has 2 rings (SSSR count). The maximum absolute atomic E-state index is 13.0. The number of nitrogens with one attached hydrogen (secondary N) is 1. The van der Waals surface area contributed by atoms with E-state index in [0.717, 1.165) is 18.2 Å². The van der Waals surface area contributed by atoms with Crippen LogP contribution in [0.1, 0.15) is 5.56 Å². The van der Waals surface area contributed by atoms with Gasteiger partial charge in [-0.15, -0.1) is 0 Å². The summed E-state index contributed by atoms with van der Waals surface area (Å²) in [6, 6.07) is 11.8. The van der Waals surface area contributed by atoms with Crippen molar-refractivity contribution in [2.45, 2.75) is 6.18 Å². The monoisotopic (exact) mass is 364 g/mol. The van der Waals surface area contributed by atoms with Crippen LogP contribution >= 0.6 is 0 Å². The molecule has 0 atom stereocenters. The minimum absolute atomic E-state index is 0.0915. The van der Waals surface area contributed by atoms with Gasteiger partial charge in [-0.3, -0.25) is 4.79 Å². The summed E-state index contributed by atoms with van der Waals surface area (Å²) in [7, 11) is 1.64. The fourth-order valence-electron chi connectivity index (χ4n) is 2.22. The average molecular weight is 364 g/mol. The summed E-state index contributed by atoms with van der Waals surface area (Å²) >= 11 is 0. The molecule has 0 aliphatic carbocycles. The first kappa shape index (κ1) is 19.0. The summed E-state index contributed by atoms with van der Waals surface area (Å²) in [5.41, 5.74) is -0.00319. The molecule has 2 aromatic rings. The van der Waals surface area contributed by atoms with Gasteiger partial charge in [0.1, 0.15) is 0 Å². The van der Waals surface area contributed by atoms with Crippen LogP contribution in [0.25, 0.3) is 0 Å². The Morgan fingerprint density at radius 2 is 1.73 bits per heavy atom. The van der Waals surface area contributed by atoms with E-state index in [1.165, 1.54) is 6.07 Å². The number of halogens is 3. The molecule has 0 bridgehead atoms. The van der Waals surface area contributed by atoms with Crippen LogP contribution in [0.5, 0.6) is 0 Å². The van der Waals surface area contributed by atoms with Crippen LogP contribution in [0.15, 0.2) is 60.7 Å². The third kappa shape index (κ3) is 4.85. The smallest absolute Gasteiger partial charge is 0.416 e. The Hall–Kier alpha value is -3.29. The van der Waals surface area contributed by atoms with E-state index in [0.29, 0.717) is 17.5 Å². The highest BCUT2D eigenvalue weighted by molar-refractivity contribution is 6.04. The van der Waals surface area contributed by atoms with Crippen LogP contribution in [0, 0.1) is 0 Å². The van der Waals surface area contributed by atoms with Gasteiger partial charge in [-0.05, 0) is 30.3 Å². The highest BCUT2D eigenvalue weighted by atomic mass is 19.4. The highest BCUT2D eigenvalue weighted by Crippen LogP contribution is 2.37. The molecule has 0 aliphatic rings. The summed E-state index contributed by atoms with van der Waals surface area (Å²) in [6.07, 6.45) is -3.25. The zero-order chi connectivity index (χ0) is 19.3. The molecule has 0 fully saturated rings. The van der Waals surface area contributed by atoms with Crippen molar-refractivity contribution in [3.8, 4) is 0 Å². The number of para-hydroxylation sites is 1. The first-order valence-corrected chi connectivity index (χ1v) is 7.40. The molecule has 0 radical (unpaired) electrons. The first-order valence-electron chi connectivity index (χ1n) is 7.40. The summed E-state index contributed by atoms with van der Waals surface area (Å²) < 4.78 is 39.0. The Balaban J connectivity index is 2.43. The Morgan fingerprint density at radius 3 is 2.31 bits per heavy atom. The molecule has 2 aromatic carbocycles. The van der Waals surface area contributed by atoms with Crippen LogP contribution in [0.2, 0.25) is 0 Å². The van der Waals surface area contributed by atoms with Gasteiger partial charge in [0.05, 0.1) is 16.9 Å². The molecule has 0 heterocycles. The molecule has 8 heteroatoms. The van der Waals surface area contributed by atoms with Crippen LogP contribution in [-0.4, -0.2) is 24.0 Å². The van der Waals surface area contributed by atoms with Crippen molar-refractivity contribution < 1.29 is 27.9 Å². The van der Waals surface area contributed by atoms with Gasteiger partial charge in [0.2, 0.25) is 5.91 Å². The number of alkyl halides is 3. The molecule has 0 saturated carbocycles. The Kier molecular flexibility index (Phi) is 5.66. The minimum Gasteiger partial charge on any atom is -0.478 e. The van der Waals surface area contributed by atoms with Crippen LogP contribution < -0.4 is 10.2 Å². The number of carboxylic acid groups (broad SMARTS) is 1. The van der Waals surface area contributed by atoms with Gasteiger partial charge in [-0.2, -0.15) is 13.2 Å². The first-order chi connectivity index (χ1) is 12.2. The lowest BCUT2D eigenvalue weighted by molar-refractivity contribution is -0.137. The fourth-order valence-corrected chi connectivity index (χ4v) is 2.22. The molecular weight excluding hydrogens is 349 g/mol. The van der Waals surface area contributed by atoms with E-state index < -0.39 is 23.6 Å². The van der Waals surface area contributed by atoms with Crippen molar-refractivity contribution in [3.63, 3.8) is 0 Å². The molecule has 1 amide bonds. The van der Waals surface area contributed by atoms with Crippen LogP contribution in [0.4, 0.5) is 30.2 Å². The lowest BCUT2D eigenvalue weighted by Crippen LogP contribution is -2.17. The Bertz CT molecular complexity index is 833. The van der Waals surface area contributed by atoms with Crippen molar-refractivity contribution in [1.29, 1.82) is 0 Å². The maximum atomic E-state index is 13.0. The van der Waals surface area contributed by atoms with E-state index in [1.807, 2.05) is 0 Å². The number of carbonyl (C=O) groups excluding carboxylic acids is 1. The van der Waals surface area contributed by atoms with Crippen molar-refractivity contribution in [1.82, 2.24) is 0 Å². The number of hydrogen-bond donors (Lipinski definition) is 2. The summed E-state index contributed by atoms with van der Waals surface area (Å²) in [4.78, 5) is 23.9. The Morgan fingerprint density at radius 1 is 1.08 bits per heavy atom. The second-order valence-corrected chi connectivity index (χ2v) is 5.29. The number of amides is 1. The van der Waals surface area contributed by atoms with Crippen molar-refractivity contribution in [3.05, 3.63) is 66.2 Å². The standard InChI is InChI=1S/C18H15F3N2O3/c1-23(13-5-3-2-4-6-13)15-8-7-12(18(19,20)21)11-14(15)22-16(24)9-10-17(25)26/h2-11H,1H3,(H,22,24)(H,25,26)/b10-9-. The number of carbonyl (C=O) groups is 2. The van der Waals surface area contributed by atoms with E-state index in [-0.39, 0.29) is 5.69 Å². The quantitative estimate of drug-likeness (QED) is 0.786. The lowest BCUT2D eigenvalue weighted by atomic mass is 10.1. The SMILES string of the molecule is CN(c1ccccc1)c1ccc(C(F)(F)F)cc1NC(=O)/C=C\C(=O)O. The molecular formula is C18H15F3N2O3. The van der Waals surface area contributed by atoms with E-state index in [2.05, 4.69) is 5.32 Å². The summed E-state index contributed by atoms with van der Waals surface area (Å²) in [5, 5.41) is 10.8. The van der Waals surface area contributed by atoms with Crippen molar-refractivity contribution in [2.24, 2.45) is 0 Å². The Labute approximate surface area is 147 Å². The van der Waals surface area contributed by atoms with E-state index >= 15 is 0 Å². The predicted octanol–water partition coefficient (Wildman–Crippen LogP) is 4.05. The fraction of sp³-hybridized carbons (Fsp3) is 0.111. The number of carboxylic acids is 1. The third-order valence-corrected chi connectivity index (χ3v) is 3.46. The normalized spacial score (nSPS) is 11.4. The van der Waals surface area contributed by atoms with E-state index in [1.54, 1.807) is 42.3 Å². The predicted molar refractivity (Wildman–Crippen MR) is 91.4 cm³/mol. The zero-order valence-electron chi connectivity index (χ0n) is 13.6. The lowest BCUT2D eigenvalue weighted by Gasteiger charge is -2.23. The third-order valence-electron chi connectivity index (χ3n) is 3.46. The minimum atomic E-state index is -4.58. The van der Waals surface area contributed by atoms with Gasteiger partial charge in [0, 0.05) is 24.9 Å². The van der Waals surface area contributed by atoms with Gasteiger partial charge < -0.3 is 15.3 Å². The molecule has 26 heavy (non-hydrogen) atoms. The molecule has 136 valence electrons. The largest absolute Gasteiger partial charge is 0.478 e.